The third-order valence-electron chi connectivity index (χ3n) is 2.59. The second-order valence-corrected chi connectivity index (χ2v) is 4.85. The summed E-state index contributed by atoms with van der Waals surface area (Å²) in [5.74, 6) is 0. The van der Waals surface area contributed by atoms with Crippen LogP contribution >= 0.6 is 12.2 Å². The lowest BCUT2D eigenvalue weighted by Gasteiger charge is -2.09. The minimum Gasteiger partial charge on any atom is -0.359 e. The fourth-order valence-corrected chi connectivity index (χ4v) is 1.93. The van der Waals surface area contributed by atoms with E-state index in [2.05, 4.69) is 41.1 Å². The van der Waals surface area contributed by atoms with E-state index in [9.17, 15) is 0 Å². The molecule has 0 amide bonds. The lowest BCUT2D eigenvalue weighted by atomic mass is 10.3. The van der Waals surface area contributed by atoms with Gasteiger partial charge in [0.1, 0.15) is 0 Å². The highest BCUT2D eigenvalue weighted by atomic mass is 32.1. The largest absolute Gasteiger partial charge is 0.359 e. The van der Waals surface area contributed by atoms with Gasteiger partial charge in [0.05, 0.1) is 18.1 Å². The molecule has 0 fully saturated rings. The van der Waals surface area contributed by atoms with Gasteiger partial charge < -0.3 is 10.6 Å². The highest BCUT2D eigenvalue weighted by Gasteiger charge is 2.08. The Kier molecular flexibility index (Phi) is 4.11. The number of hydrogen-bond donors (Lipinski definition) is 2. The smallest absolute Gasteiger partial charge is 0.171 e. The van der Waals surface area contributed by atoms with Crippen LogP contribution in [0.5, 0.6) is 0 Å². The minimum absolute atomic E-state index is 0.291. The van der Waals surface area contributed by atoms with Gasteiger partial charge in [-0.15, -0.1) is 6.58 Å². The molecule has 2 aromatic heterocycles. The Morgan fingerprint density at radius 2 is 2.32 bits per heavy atom. The SMILES string of the molecule is C=CCNC(=S)Nc1cnc2c(cnn2C(C)C)c1. The molecule has 2 aromatic rings. The Morgan fingerprint density at radius 1 is 1.53 bits per heavy atom. The van der Waals surface area contributed by atoms with Crippen molar-refractivity contribution < 1.29 is 0 Å². The molecule has 2 heterocycles. The average molecular weight is 275 g/mol. The van der Waals surface area contributed by atoms with E-state index >= 15 is 0 Å². The molecule has 2 N–H and O–H groups in total. The number of nitrogens with zero attached hydrogens (tertiary/aromatic N) is 3. The van der Waals surface area contributed by atoms with Crippen LogP contribution in [-0.2, 0) is 0 Å². The van der Waals surface area contributed by atoms with Gasteiger partial charge in [0.25, 0.3) is 0 Å². The van der Waals surface area contributed by atoms with Gasteiger partial charge in [-0.3, -0.25) is 0 Å². The molecule has 100 valence electrons. The van der Waals surface area contributed by atoms with Crippen LogP contribution in [0.1, 0.15) is 19.9 Å². The van der Waals surface area contributed by atoms with Crippen LogP contribution < -0.4 is 10.6 Å². The van der Waals surface area contributed by atoms with Gasteiger partial charge >= 0.3 is 0 Å². The van der Waals surface area contributed by atoms with Gasteiger partial charge in [0.2, 0.25) is 0 Å². The Bertz CT molecular complexity index is 602. The normalized spacial score (nSPS) is 10.7. The fraction of sp³-hybridized carbons (Fsp3) is 0.308. The van der Waals surface area contributed by atoms with Crippen molar-refractivity contribution in [1.82, 2.24) is 20.1 Å². The van der Waals surface area contributed by atoms with E-state index in [1.165, 1.54) is 0 Å². The van der Waals surface area contributed by atoms with E-state index in [0.717, 1.165) is 16.7 Å². The highest BCUT2D eigenvalue weighted by molar-refractivity contribution is 7.80. The zero-order valence-corrected chi connectivity index (χ0v) is 11.9. The van der Waals surface area contributed by atoms with Crippen LogP contribution in [0.4, 0.5) is 5.69 Å². The monoisotopic (exact) mass is 275 g/mol. The highest BCUT2D eigenvalue weighted by Crippen LogP contribution is 2.18. The first-order valence-corrected chi connectivity index (χ1v) is 6.51. The molecule has 0 unspecified atom stereocenters. The van der Waals surface area contributed by atoms with Crippen LogP contribution in [0.25, 0.3) is 11.0 Å². The predicted molar refractivity (Wildman–Crippen MR) is 82.3 cm³/mol. The van der Waals surface area contributed by atoms with Gasteiger partial charge in [0, 0.05) is 18.0 Å². The first-order valence-electron chi connectivity index (χ1n) is 6.11. The molecule has 0 bridgehead atoms. The maximum Gasteiger partial charge on any atom is 0.171 e. The summed E-state index contributed by atoms with van der Waals surface area (Å²) >= 11 is 5.15. The maximum atomic E-state index is 5.15. The van der Waals surface area contributed by atoms with E-state index < -0.39 is 0 Å². The Labute approximate surface area is 117 Å². The average Bonchev–Trinajstić information content (AvgIpc) is 2.79. The van der Waals surface area contributed by atoms with Crippen LogP contribution in [0, 0.1) is 0 Å². The van der Waals surface area contributed by atoms with Crippen molar-refractivity contribution in [2.45, 2.75) is 19.9 Å². The van der Waals surface area contributed by atoms with E-state index in [1.54, 1.807) is 12.3 Å². The van der Waals surface area contributed by atoms with Crippen LogP contribution in [0.2, 0.25) is 0 Å². The van der Waals surface area contributed by atoms with Crippen LogP contribution in [0.15, 0.2) is 31.1 Å². The molecule has 0 atom stereocenters. The number of nitrogens with one attached hydrogen (secondary N) is 2. The number of fused-ring (bicyclic) bond motifs is 1. The van der Waals surface area contributed by atoms with Crippen molar-refractivity contribution in [1.29, 1.82) is 0 Å². The summed E-state index contributed by atoms with van der Waals surface area (Å²) in [7, 11) is 0. The van der Waals surface area contributed by atoms with E-state index in [4.69, 9.17) is 12.2 Å². The van der Waals surface area contributed by atoms with Gasteiger partial charge in [-0.25, -0.2) is 9.67 Å². The molecule has 0 aliphatic carbocycles. The van der Waals surface area contributed by atoms with E-state index in [0.29, 0.717) is 17.7 Å². The van der Waals surface area contributed by atoms with Crippen LogP contribution in [0.3, 0.4) is 0 Å². The van der Waals surface area contributed by atoms with Gasteiger partial charge in [-0.2, -0.15) is 5.10 Å². The van der Waals surface area contributed by atoms with E-state index in [-0.39, 0.29) is 0 Å². The Hall–Kier alpha value is -1.95. The molecule has 2 rings (SSSR count). The maximum absolute atomic E-state index is 5.15. The first-order chi connectivity index (χ1) is 9.11. The topological polar surface area (TPSA) is 54.8 Å². The number of rotatable bonds is 4. The predicted octanol–water partition coefficient (Wildman–Crippen LogP) is 2.48. The molecule has 0 saturated carbocycles. The quantitative estimate of drug-likeness (QED) is 0.663. The lowest BCUT2D eigenvalue weighted by Crippen LogP contribution is -2.28. The van der Waals surface area contributed by atoms with Crippen molar-refractivity contribution in [2.75, 3.05) is 11.9 Å². The molecule has 5 nitrogen and oxygen atoms in total. The minimum atomic E-state index is 0.291. The lowest BCUT2D eigenvalue weighted by molar-refractivity contribution is 0.546. The molecule has 0 saturated heterocycles. The number of anilines is 1. The summed E-state index contributed by atoms with van der Waals surface area (Å²) < 4.78 is 1.90. The van der Waals surface area contributed by atoms with Gasteiger partial charge in [0.15, 0.2) is 10.8 Å². The Balaban J connectivity index is 2.18. The summed E-state index contributed by atoms with van der Waals surface area (Å²) in [5.41, 5.74) is 1.72. The van der Waals surface area contributed by atoms with Gasteiger partial charge in [-0.05, 0) is 32.1 Å². The zero-order valence-electron chi connectivity index (χ0n) is 11.1. The summed E-state index contributed by atoms with van der Waals surface area (Å²) in [5, 5.41) is 12.0. The summed E-state index contributed by atoms with van der Waals surface area (Å²) in [6.07, 6.45) is 5.32. The molecule has 0 aliphatic rings. The third-order valence-corrected chi connectivity index (χ3v) is 2.83. The fourth-order valence-electron chi connectivity index (χ4n) is 1.73. The molecular formula is C13H17N5S. The molecule has 0 spiro atoms. The van der Waals surface area contributed by atoms with Crippen molar-refractivity contribution in [2.24, 2.45) is 0 Å². The van der Waals surface area contributed by atoms with E-state index in [1.807, 2.05) is 16.9 Å². The number of hydrogen-bond acceptors (Lipinski definition) is 3. The number of pyridine rings is 1. The zero-order chi connectivity index (χ0) is 13.8. The van der Waals surface area contributed by atoms with Crippen molar-refractivity contribution >= 4 is 34.1 Å². The summed E-state index contributed by atoms with van der Waals surface area (Å²) in [6.45, 7) is 8.41. The second-order valence-electron chi connectivity index (χ2n) is 4.44. The summed E-state index contributed by atoms with van der Waals surface area (Å²) in [4.78, 5) is 4.43. The van der Waals surface area contributed by atoms with Gasteiger partial charge in [-0.1, -0.05) is 6.08 Å². The van der Waals surface area contributed by atoms with Crippen molar-refractivity contribution in [3.63, 3.8) is 0 Å². The standard InChI is InChI=1S/C13H17N5S/c1-4-5-14-13(19)17-11-6-10-7-16-18(9(2)3)12(10)15-8-11/h4,6-9H,1,5H2,2-3H3,(H2,14,17,19). The van der Waals surface area contributed by atoms with Crippen LogP contribution in [-0.4, -0.2) is 26.4 Å². The first kappa shape index (κ1) is 13.5. The second kappa shape index (κ2) is 5.79. The van der Waals surface area contributed by atoms with Crippen molar-refractivity contribution in [3.05, 3.63) is 31.1 Å². The molecule has 0 radical (unpaired) electrons. The van der Waals surface area contributed by atoms with Crippen molar-refractivity contribution in [3.8, 4) is 0 Å². The number of thiocarbonyl (C=S) groups is 1. The third kappa shape index (κ3) is 3.08. The molecule has 6 heteroatoms. The molecular weight excluding hydrogens is 258 g/mol. The molecule has 0 aromatic carbocycles. The molecule has 0 aliphatic heterocycles. The Morgan fingerprint density at radius 3 is 3.00 bits per heavy atom. The number of aromatic nitrogens is 3. The summed E-state index contributed by atoms with van der Waals surface area (Å²) in [6, 6.07) is 2.27. The molecule has 19 heavy (non-hydrogen) atoms.